The SMILES string of the molecule is O=C(NCc1ccc(Oc2ccnc(C(=O)O)c2)cc1)Nc1ccc(F)cc1. The molecule has 0 radical (unpaired) electrons. The molecule has 0 fully saturated rings. The van der Waals surface area contributed by atoms with Crippen molar-refractivity contribution in [3.8, 4) is 11.5 Å². The van der Waals surface area contributed by atoms with Crippen LogP contribution < -0.4 is 15.4 Å². The van der Waals surface area contributed by atoms with Crippen molar-refractivity contribution >= 4 is 17.7 Å². The molecule has 8 heteroatoms. The number of nitrogens with one attached hydrogen (secondary N) is 2. The van der Waals surface area contributed by atoms with Crippen molar-refractivity contribution in [2.75, 3.05) is 5.32 Å². The largest absolute Gasteiger partial charge is 0.477 e. The molecule has 0 aliphatic carbocycles. The summed E-state index contributed by atoms with van der Waals surface area (Å²) in [6.45, 7) is 0.283. The highest BCUT2D eigenvalue weighted by Crippen LogP contribution is 2.22. The average molecular weight is 381 g/mol. The first-order valence-electron chi connectivity index (χ1n) is 8.26. The molecule has 0 saturated heterocycles. The summed E-state index contributed by atoms with van der Waals surface area (Å²) in [6.07, 6.45) is 1.36. The number of hydrogen-bond donors (Lipinski definition) is 3. The molecule has 0 aliphatic rings. The molecule has 142 valence electrons. The first kappa shape index (κ1) is 18.8. The van der Waals surface area contributed by atoms with Crippen molar-refractivity contribution in [1.29, 1.82) is 0 Å². The van der Waals surface area contributed by atoms with E-state index in [9.17, 15) is 14.0 Å². The Morgan fingerprint density at radius 3 is 2.39 bits per heavy atom. The number of nitrogens with zero attached hydrogens (tertiary/aromatic N) is 1. The summed E-state index contributed by atoms with van der Waals surface area (Å²) >= 11 is 0. The number of carboxylic acids is 1. The van der Waals surface area contributed by atoms with Gasteiger partial charge in [0.05, 0.1) is 0 Å². The van der Waals surface area contributed by atoms with Crippen molar-refractivity contribution < 1.29 is 23.8 Å². The Labute approximate surface area is 159 Å². The lowest BCUT2D eigenvalue weighted by atomic mass is 10.2. The Morgan fingerprint density at radius 1 is 1.00 bits per heavy atom. The Kier molecular flexibility index (Phi) is 5.81. The fourth-order valence-electron chi connectivity index (χ4n) is 2.29. The third-order valence-electron chi connectivity index (χ3n) is 3.66. The van der Waals surface area contributed by atoms with Crippen LogP contribution in [0.2, 0.25) is 0 Å². The van der Waals surface area contributed by atoms with Crippen LogP contribution in [0.5, 0.6) is 11.5 Å². The third-order valence-corrected chi connectivity index (χ3v) is 3.66. The topological polar surface area (TPSA) is 101 Å². The van der Waals surface area contributed by atoms with E-state index in [-0.39, 0.29) is 18.1 Å². The highest BCUT2D eigenvalue weighted by molar-refractivity contribution is 5.89. The summed E-state index contributed by atoms with van der Waals surface area (Å²) in [5, 5.41) is 14.2. The van der Waals surface area contributed by atoms with E-state index in [4.69, 9.17) is 9.84 Å². The number of rotatable bonds is 6. The van der Waals surface area contributed by atoms with Crippen LogP contribution in [0.4, 0.5) is 14.9 Å². The van der Waals surface area contributed by atoms with Gasteiger partial charge in [0.2, 0.25) is 0 Å². The van der Waals surface area contributed by atoms with Crippen molar-refractivity contribution in [2.45, 2.75) is 6.54 Å². The number of benzene rings is 2. The van der Waals surface area contributed by atoms with Crippen LogP contribution in [0.15, 0.2) is 66.9 Å². The van der Waals surface area contributed by atoms with Crippen LogP contribution in [-0.4, -0.2) is 22.1 Å². The summed E-state index contributed by atoms with van der Waals surface area (Å²) in [5.74, 6) is -0.635. The number of aromatic nitrogens is 1. The van der Waals surface area contributed by atoms with Gasteiger partial charge >= 0.3 is 12.0 Å². The minimum absolute atomic E-state index is 0.106. The molecule has 3 rings (SSSR count). The molecular weight excluding hydrogens is 365 g/mol. The van der Waals surface area contributed by atoms with Crippen molar-refractivity contribution in [3.05, 3.63) is 83.9 Å². The summed E-state index contributed by atoms with van der Waals surface area (Å²) in [4.78, 5) is 26.5. The zero-order valence-corrected chi connectivity index (χ0v) is 14.6. The van der Waals surface area contributed by atoms with Gasteiger partial charge in [-0.1, -0.05) is 12.1 Å². The lowest BCUT2D eigenvalue weighted by Gasteiger charge is -2.09. The predicted molar refractivity (Wildman–Crippen MR) is 100.0 cm³/mol. The molecule has 0 unspecified atom stereocenters. The van der Waals surface area contributed by atoms with Gasteiger partial charge in [0.25, 0.3) is 0 Å². The van der Waals surface area contributed by atoms with Gasteiger partial charge in [0.1, 0.15) is 17.3 Å². The maximum absolute atomic E-state index is 12.9. The van der Waals surface area contributed by atoms with E-state index < -0.39 is 12.0 Å². The molecule has 2 aromatic carbocycles. The second-order valence-electron chi connectivity index (χ2n) is 5.74. The second kappa shape index (κ2) is 8.63. The first-order valence-corrected chi connectivity index (χ1v) is 8.26. The first-order chi connectivity index (χ1) is 13.5. The van der Waals surface area contributed by atoms with E-state index >= 15 is 0 Å². The standard InChI is InChI=1S/C20H16FN3O4/c21-14-3-5-15(6-4-14)24-20(27)23-12-13-1-7-16(8-2-13)28-17-9-10-22-18(11-17)19(25)26/h1-11H,12H2,(H,25,26)(H2,23,24,27). The van der Waals surface area contributed by atoms with Gasteiger partial charge in [-0.2, -0.15) is 0 Å². The van der Waals surface area contributed by atoms with E-state index in [1.807, 2.05) is 0 Å². The van der Waals surface area contributed by atoms with Gasteiger partial charge in [0, 0.05) is 24.5 Å². The quantitative estimate of drug-likeness (QED) is 0.598. The molecule has 0 saturated carbocycles. The molecule has 0 aliphatic heterocycles. The minimum Gasteiger partial charge on any atom is -0.477 e. The number of ether oxygens (including phenoxy) is 1. The maximum atomic E-state index is 12.9. The normalized spacial score (nSPS) is 10.2. The van der Waals surface area contributed by atoms with Crippen LogP contribution in [0.25, 0.3) is 0 Å². The number of halogens is 1. The number of amides is 2. The van der Waals surface area contributed by atoms with E-state index in [2.05, 4.69) is 15.6 Å². The van der Waals surface area contributed by atoms with Crippen molar-refractivity contribution in [2.24, 2.45) is 0 Å². The molecule has 28 heavy (non-hydrogen) atoms. The third kappa shape index (κ3) is 5.28. The highest BCUT2D eigenvalue weighted by Gasteiger charge is 2.07. The van der Waals surface area contributed by atoms with Crippen molar-refractivity contribution in [1.82, 2.24) is 10.3 Å². The maximum Gasteiger partial charge on any atom is 0.354 e. The average Bonchev–Trinajstić information content (AvgIpc) is 2.69. The van der Waals surface area contributed by atoms with Gasteiger partial charge in [-0.25, -0.2) is 19.0 Å². The molecular formula is C20H16FN3O4. The van der Waals surface area contributed by atoms with E-state index in [1.54, 1.807) is 30.3 Å². The van der Waals surface area contributed by atoms with Crippen LogP contribution in [0, 0.1) is 5.82 Å². The van der Waals surface area contributed by atoms with Crippen LogP contribution in [-0.2, 0) is 6.54 Å². The zero-order chi connectivity index (χ0) is 19.9. The molecule has 3 N–H and O–H groups in total. The molecule has 0 atom stereocenters. The molecule has 0 bridgehead atoms. The molecule has 1 heterocycles. The van der Waals surface area contributed by atoms with E-state index in [0.717, 1.165) is 5.56 Å². The number of carbonyl (C=O) groups excluding carboxylic acids is 1. The predicted octanol–water partition coefficient (Wildman–Crippen LogP) is 4.03. The molecule has 1 aromatic heterocycles. The molecule has 2 amide bonds. The number of urea groups is 1. The highest BCUT2D eigenvalue weighted by atomic mass is 19.1. The van der Waals surface area contributed by atoms with Gasteiger partial charge in [-0.05, 0) is 48.0 Å². The fraction of sp³-hybridized carbons (Fsp3) is 0.0500. The van der Waals surface area contributed by atoms with Gasteiger partial charge < -0.3 is 20.5 Å². The summed E-state index contributed by atoms with van der Waals surface area (Å²) in [5.41, 5.74) is 1.22. The summed E-state index contributed by atoms with van der Waals surface area (Å²) < 4.78 is 18.5. The Hall–Kier alpha value is -3.94. The Bertz CT molecular complexity index is 976. The number of pyridine rings is 1. The summed E-state index contributed by atoms with van der Waals surface area (Å²) in [7, 11) is 0. The number of carboxylic acid groups (broad SMARTS) is 1. The van der Waals surface area contributed by atoms with E-state index in [0.29, 0.717) is 17.2 Å². The van der Waals surface area contributed by atoms with E-state index in [1.165, 1.54) is 36.5 Å². The number of hydrogen-bond acceptors (Lipinski definition) is 4. The van der Waals surface area contributed by atoms with Crippen LogP contribution in [0.3, 0.4) is 0 Å². The van der Waals surface area contributed by atoms with Crippen LogP contribution in [0.1, 0.15) is 16.1 Å². The zero-order valence-electron chi connectivity index (χ0n) is 14.6. The number of anilines is 1. The lowest BCUT2D eigenvalue weighted by Crippen LogP contribution is -2.28. The monoisotopic (exact) mass is 381 g/mol. The van der Waals surface area contributed by atoms with Gasteiger partial charge in [-0.3, -0.25) is 0 Å². The summed E-state index contributed by atoms with van der Waals surface area (Å²) in [6, 6.07) is 14.9. The van der Waals surface area contributed by atoms with Crippen LogP contribution >= 0.6 is 0 Å². The smallest absolute Gasteiger partial charge is 0.354 e. The fourth-order valence-corrected chi connectivity index (χ4v) is 2.29. The van der Waals surface area contributed by atoms with Gasteiger partial charge in [0.15, 0.2) is 5.69 Å². The lowest BCUT2D eigenvalue weighted by molar-refractivity contribution is 0.0690. The van der Waals surface area contributed by atoms with Crippen molar-refractivity contribution in [3.63, 3.8) is 0 Å². The molecule has 3 aromatic rings. The van der Waals surface area contributed by atoms with Gasteiger partial charge in [-0.15, -0.1) is 0 Å². The molecule has 7 nitrogen and oxygen atoms in total. The molecule has 0 spiro atoms. The number of carbonyl (C=O) groups is 2. The Balaban J connectivity index is 1.52. The Morgan fingerprint density at radius 2 is 1.71 bits per heavy atom. The number of aromatic carboxylic acids is 1. The second-order valence-corrected chi connectivity index (χ2v) is 5.74. The minimum atomic E-state index is -1.13.